The van der Waals surface area contributed by atoms with Crippen molar-refractivity contribution in [1.82, 2.24) is 19.9 Å². The lowest BCUT2D eigenvalue weighted by Crippen LogP contribution is -2.49. The molecule has 2 aromatic heterocycles. The number of nitrogens with one attached hydrogen (secondary N) is 2. The van der Waals surface area contributed by atoms with Gasteiger partial charge in [-0.05, 0) is 42.8 Å². The number of urea groups is 1. The Balaban J connectivity index is 1.26. The van der Waals surface area contributed by atoms with Gasteiger partial charge in [-0.15, -0.1) is 0 Å². The third-order valence-electron chi connectivity index (χ3n) is 6.78. The molecule has 0 radical (unpaired) electrons. The molecule has 37 heavy (non-hydrogen) atoms. The molecular formula is C25H28N8O4. The first-order valence-electron chi connectivity index (χ1n) is 12.4. The van der Waals surface area contributed by atoms with Gasteiger partial charge in [-0.25, -0.2) is 4.79 Å². The number of ether oxygens (including phenoxy) is 2. The Morgan fingerprint density at radius 1 is 0.892 bits per heavy atom. The van der Waals surface area contributed by atoms with Crippen LogP contribution in [0.1, 0.15) is 6.42 Å². The molecule has 0 aliphatic carbocycles. The monoisotopic (exact) mass is 504 g/mol. The zero-order chi connectivity index (χ0) is 25.2. The van der Waals surface area contributed by atoms with Gasteiger partial charge in [0.25, 0.3) is 0 Å². The molecule has 0 saturated carbocycles. The van der Waals surface area contributed by atoms with Gasteiger partial charge in [-0.2, -0.15) is 15.0 Å². The van der Waals surface area contributed by atoms with Crippen LogP contribution in [0.2, 0.25) is 0 Å². The largest absolute Gasteiger partial charge is 0.391 e. The molecular weight excluding hydrogens is 476 g/mol. The summed E-state index contributed by atoms with van der Waals surface area (Å²) in [5.41, 5.74) is 2.08. The highest BCUT2D eigenvalue weighted by atomic mass is 16.5. The first-order valence-corrected chi connectivity index (χ1v) is 12.4. The normalized spacial score (nSPS) is 23.1. The fraction of sp³-hybridized carbons (Fsp3) is 0.400. The Bertz CT molecular complexity index is 1240. The van der Waals surface area contributed by atoms with Crippen LogP contribution in [0.15, 0.2) is 48.8 Å². The summed E-state index contributed by atoms with van der Waals surface area (Å²) >= 11 is 0. The molecule has 6 rings (SSSR count). The van der Waals surface area contributed by atoms with E-state index in [0.717, 1.165) is 5.56 Å². The average molecular weight is 505 g/mol. The SMILES string of the molecule is O=C(Nc1ccncc1)Nc1ccc(-c2nc(N3CCOCC3)nc(N3C4COCC3[C@H](O)C4)n2)cc1. The van der Waals surface area contributed by atoms with Crippen LogP contribution in [-0.4, -0.2) is 88.8 Å². The van der Waals surface area contributed by atoms with Crippen molar-refractivity contribution >= 4 is 29.3 Å². The summed E-state index contributed by atoms with van der Waals surface area (Å²) in [7, 11) is 0. The highest BCUT2D eigenvalue weighted by molar-refractivity contribution is 5.99. The van der Waals surface area contributed by atoms with Crippen LogP contribution in [0, 0.1) is 0 Å². The van der Waals surface area contributed by atoms with Crippen LogP contribution in [-0.2, 0) is 9.47 Å². The Morgan fingerprint density at radius 3 is 2.32 bits per heavy atom. The number of hydrogen-bond donors (Lipinski definition) is 3. The van der Waals surface area contributed by atoms with E-state index in [4.69, 9.17) is 24.4 Å². The van der Waals surface area contributed by atoms with Gasteiger partial charge in [0.1, 0.15) is 0 Å². The van der Waals surface area contributed by atoms with Gasteiger partial charge in [0.2, 0.25) is 11.9 Å². The molecule has 12 nitrogen and oxygen atoms in total. The maximum absolute atomic E-state index is 12.3. The third-order valence-corrected chi connectivity index (χ3v) is 6.78. The Morgan fingerprint density at radius 2 is 1.59 bits per heavy atom. The highest BCUT2D eigenvalue weighted by Crippen LogP contribution is 2.34. The van der Waals surface area contributed by atoms with Gasteiger partial charge in [0, 0.05) is 42.4 Å². The fourth-order valence-corrected chi connectivity index (χ4v) is 4.92. The molecule has 2 unspecified atom stereocenters. The van der Waals surface area contributed by atoms with E-state index in [-0.39, 0.29) is 18.1 Å². The standard InChI is InChI=1S/C25H28N8O4/c34-21-13-19-14-37-15-20(21)33(19)24-30-22(29-23(31-24)32-9-11-36-12-10-32)16-1-3-17(4-2-16)27-25(35)28-18-5-7-26-8-6-18/h1-8,19-21,34H,9-15H2,(H2,26,27,28,35)/t19?,20?,21-/m1/s1. The molecule has 3 atom stereocenters. The molecule has 2 amide bonds. The number of carbonyl (C=O) groups is 1. The predicted molar refractivity (Wildman–Crippen MR) is 137 cm³/mol. The number of morpholine rings is 2. The van der Waals surface area contributed by atoms with Crippen molar-refractivity contribution in [3.63, 3.8) is 0 Å². The molecule has 0 spiro atoms. The van der Waals surface area contributed by atoms with Gasteiger partial charge in [0.05, 0.1) is 44.6 Å². The fourth-order valence-electron chi connectivity index (χ4n) is 4.92. The number of benzene rings is 1. The predicted octanol–water partition coefficient (Wildman–Crippen LogP) is 1.75. The van der Waals surface area contributed by atoms with Crippen LogP contribution >= 0.6 is 0 Å². The van der Waals surface area contributed by atoms with Gasteiger partial charge < -0.3 is 35.0 Å². The van der Waals surface area contributed by atoms with Gasteiger partial charge >= 0.3 is 6.03 Å². The molecule has 3 saturated heterocycles. The molecule has 12 heteroatoms. The number of fused-ring (bicyclic) bond motifs is 2. The molecule has 1 aromatic carbocycles. The summed E-state index contributed by atoms with van der Waals surface area (Å²) in [6, 6.07) is 10.3. The number of anilines is 4. The lowest BCUT2D eigenvalue weighted by Gasteiger charge is -2.35. The smallest absolute Gasteiger partial charge is 0.323 e. The van der Waals surface area contributed by atoms with Crippen molar-refractivity contribution < 1.29 is 19.4 Å². The lowest BCUT2D eigenvalue weighted by atomic mass is 10.2. The number of pyridine rings is 1. The minimum atomic E-state index is -0.483. The van der Waals surface area contributed by atoms with Crippen molar-refractivity contribution in [1.29, 1.82) is 0 Å². The number of aromatic nitrogens is 4. The van der Waals surface area contributed by atoms with E-state index in [1.807, 2.05) is 24.3 Å². The molecule has 3 fully saturated rings. The van der Waals surface area contributed by atoms with Crippen LogP contribution in [0.3, 0.4) is 0 Å². The van der Waals surface area contributed by atoms with Gasteiger partial charge in [-0.1, -0.05) is 0 Å². The molecule has 3 aliphatic rings. The number of amides is 2. The van der Waals surface area contributed by atoms with Crippen LogP contribution in [0.5, 0.6) is 0 Å². The number of aliphatic hydroxyl groups excluding tert-OH is 1. The zero-order valence-corrected chi connectivity index (χ0v) is 20.2. The molecule has 3 aliphatic heterocycles. The highest BCUT2D eigenvalue weighted by Gasteiger charge is 2.45. The van der Waals surface area contributed by atoms with Crippen molar-refractivity contribution in [3.8, 4) is 11.4 Å². The van der Waals surface area contributed by atoms with E-state index in [2.05, 4.69) is 25.4 Å². The van der Waals surface area contributed by atoms with Gasteiger partial charge in [0.15, 0.2) is 5.82 Å². The maximum atomic E-state index is 12.3. The number of rotatable bonds is 5. The number of carbonyl (C=O) groups excluding carboxylic acids is 1. The average Bonchev–Trinajstić information content (AvgIpc) is 3.12. The Kier molecular flexibility index (Phi) is 6.51. The van der Waals surface area contributed by atoms with E-state index in [1.165, 1.54) is 0 Å². The molecule has 3 aromatic rings. The van der Waals surface area contributed by atoms with E-state index < -0.39 is 6.10 Å². The van der Waals surface area contributed by atoms with Gasteiger partial charge in [-0.3, -0.25) is 4.98 Å². The minimum Gasteiger partial charge on any atom is -0.391 e. The van der Waals surface area contributed by atoms with Crippen LogP contribution in [0.25, 0.3) is 11.4 Å². The van der Waals surface area contributed by atoms with Crippen molar-refractivity contribution in [2.45, 2.75) is 24.6 Å². The second-order valence-electron chi connectivity index (χ2n) is 9.22. The lowest BCUT2D eigenvalue weighted by molar-refractivity contribution is 0.0694. The zero-order valence-electron chi connectivity index (χ0n) is 20.2. The molecule has 5 heterocycles. The third kappa shape index (κ3) is 5.03. The number of nitrogens with zero attached hydrogens (tertiary/aromatic N) is 6. The summed E-state index contributed by atoms with van der Waals surface area (Å²) in [6.45, 7) is 3.57. The van der Waals surface area contributed by atoms with Crippen LogP contribution < -0.4 is 20.4 Å². The summed E-state index contributed by atoms with van der Waals surface area (Å²) < 4.78 is 11.2. The topological polar surface area (TPSA) is 138 Å². The molecule has 3 N–H and O–H groups in total. The summed E-state index contributed by atoms with van der Waals surface area (Å²) in [6.07, 6.45) is 3.37. The first-order chi connectivity index (χ1) is 18.1. The molecule has 192 valence electrons. The van der Waals surface area contributed by atoms with Crippen molar-refractivity contribution in [2.24, 2.45) is 0 Å². The summed E-state index contributed by atoms with van der Waals surface area (Å²) in [5.74, 6) is 1.66. The minimum absolute atomic E-state index is 0.0204. The summed E-state index contributed by atoms with van der Waals surface area (Å²) in [4.78, 5) is 34.9. The second kappa shape index (κ2) is 10.2. The Labute approximate surface area is 213 Å². The summed E-state index contributed by atoms with van der Waals surface area (Å²) in [5, 5.41) is 16.2. The quantitative estimate of drug-likeness (QED) is 0.471. The van der Waals surface area contributed by atoms with E-state index >= 15 is 0 Å². The van der Waals surface area contributed by atoms with E-state index in [0.29, 0.717) is 75.0 Å². The van der Waals surface area contributed by atoms with Crippen LogP contribution in [0.4, 0.5) is 28.1 Å². The van der Waals surface area contributed by atoms with E-state index in [1.54, 1.807) is 24.5 Å². The van der Waals surface area contributed by atoms with Crippen molar-refractivity contribution in [2.75, 3.05) is 60.0 Å². The first kappa shape index (κ1) is 23.5. The maximum Gasteiger partial charge on any atom is 0.323 e. The van der Waals surface area contributed by atoms with Crippen molar-refractivity contribution in [3.05, 3.63) is 48.8 Å². The number of hydrogen-bond acceptors (Lipinski definition) is 10. The second-order valence-corrected chi connectivity index (χ2v) is 9.22. The molecule has 2 bridgehead atoms. The number of aliphatic hydroxyl groups is 1. The van der Waals surface area contributed by atoms with E-state index in [9.17, 15) is 9.90 Å². The Hall–Kier alpha value is -3.87.